The van der Waals surface area contributed by atoms with Gasteiger partial charge in [-0.05, 0) is 12.8 Å². The van der Waals surface area contributed by atoms with Gasteiger partial charge in [0.15, 0.2) is 0 Å². The summed E-state index contributed by atoms with van der Waals surface area (Å²) in [5, 5.41) is 9.69. The molecule has 0 aromatic rings. The molecule has 3 nitrogen and oxygen atoms in total. The smallest absolute Gasteiger partial charge is 0.308 e. The molecular weight excluding hydrogens is 180 g/mol. The molecule has 0 aliphatic heterocycles. The van der Waals surface area contributed by atoms with Gasteiger partial charge in [0.1, 0.15) is 6.10 Å². The summed E-state index contributed by atoms with van der Waals surface area (Å²) in [6.45, 7) is 7.54. The molecule has 0 heterocycles. The van der Waals surface area contributed by atoms with Gasteiger partial charge in [-0.2, -0.15) is 0 Å². The minimum atomic E-state index is -0.354. The van der Waals surface area contributed by atoms with Gasteiger partial charge in [-0.3, -0.25) is 4.79 Å². The van der Waals surface area contributed by atoms with Crippen molar-refractivity contribution in [1.82, 2.24) is 0 Å². The number of aliphatic hydroxyl groups excluding tert-OH is 1. The average molecular weight is 200 g/mol. The molecule has 0 spiro atoms. The Morgan fingerprint density at radius 3 is 2.36 bits per heavy atom. The Hall–Kier alpha value is -0.570. The summed E-state index contributed by atoms with van der Waals surface area (Å²) < 4.78 is 5.36. The molecule has 1 fully saturated rings. The Morgan fingerprint density at radius 1 is 1.43 bits per heavy atom. The van der Waals surface area contributed by atoms with Crippen molar-refractivity contribution in [1.29, 1.82) is 0 Å². The molecule has 1 N–H and O–H groups in total. The van der Waals surface area contributed by atoms with E-state index < -0.39 is 0 Å². The number of hydrogen-bond acceptors (Lipinski definition) is 3. The zero-order chi connectivity index (χ0) is 10.9. The van der Waals surface area contributed by atoms with Crippen molar-refractivity contribution in [2.45, 2.75) is 52.7 Å². The summed E-state index contributed by atoms with van der Waals surface area (Å²) in [6, 6.07) is 0. The Morgan fingerprint density at radius 2 is 2.00 bits per heavy atom. The first kappa shape index (κ1) is 11.5. The first-order chi connectivity index (χ1) is 6.35. The second kappa shape index (κ2) is 3.89. The van der Waals surface area contributed by atoms with Crippen molar-refractivity contribution >= 4 is 5.97 Å². The van der Waals surface area contributed by atoms with Crippen molar-refractivity contribution in [2.75, 3.05) is 0 Å². The van der Waals surface area contributed by atoms with Crippen LogP contribution in [-0.4, -0.2) is 23.3 Å². The Bertz CT molecular complexity index is 221. The van der Waals surface area contributed by atoms with E-state index >= 15 is 0 Å². The predicted octanol–water partition coefficient (Wildman–Crippen LogP) is 1.74. The molecule has 0 amide bonds. The number of carbonyl (C=O) groups is 1. The average Bonchev–Trinajstić information content (AvgIpc) is 2.31. The fourth-order valence-corrected chi connectivity index (χ4v) is 1.75. The van der Waals surface area contributed by atoms with E-state index in [9.17, 15) is 9.90 Å². The predicted molar refractivity (Wildman–Crippen MR) is 53.7 cm³/mol. The van der Waals surface area contributed by atoms with Crippen molar-refractivity contribution < 1.29 is 14.6 Å². The summed E-state index contributed by atoms with van der Waals surface area (Å²) in [6.07, 6.45) is 1.01. The zero-order valence-corrected chi connectivity index (χ0v) is 9.41. The van der Waals surface area contributed by atoms with Crippen LogP contribution in [0.4, 0.5) is 0 Å². The van der Waals surface area contributed by atoms with Gasteiger partial charge >= 0.3 is 5.97 Å². The number of hydrogen-bond donors (Lipinski definition) is 1. The minimum absolute atomic E-state index is 0.0939. The maximum atomic E-state index is 11.4. The number of ether oxygens (including phenoxy) is 1. The lowest BCUT2D eigenvalue weighted by Gasteiger charge is -2.30. The highest BCUT2D eigenvalue weighted by Gasteiger charge is 2.44. The first-order valence-corrected chi connectivity index (χ1v) is 5.24. The van der Waals surface area contributed by atoms with Crippen LogP contribution < -0.4 is 0 Å². The lowest BCUT2D eigenvalue weighted by atomic mass is 9.87. The molecule has 1 aliphatic rings. The van der Waals surface area contributed by atoms with Crippen LogP contribution in [0.3, 0.4) is 0 Å². The molecule has 0 radical (unpaired) electrons. The summed E-state index contributed by atoms with van der Waals surface area (Å²) >= 11 is 0. The second-order valence-electron chi connectivity index (χ2n) is 4.99. The quantitative estimate of drug-likeness (QED) is 0.690. The molecule has 2 atom stereocenters. The first-order valence-electron chi connectivity index (χ1n) is 5.24. The maximum absolute atomic E-state index is 11.4. The van der Waals surface area contributed by atoms with E-state index in [1.165, 1.54) is 0 Å². The number of rotatable bonds is 2. The lowest BCUT2D eigenvalue weighted by Crippen LogP contribution is -2.36. The van der Waals surface area contributed by atoms with Crippen LogP contribution in [0.15, 0.2) is 0 Å². The topological polar surface area (TPSA) is 46.5 Å². The third kappa shape index (κ3) is 2.08. The van der Waals surface area contributed by atoms with Gasteiger partial charge < -0.3 is 9.84 Å². The van der Waals surface area contributed by atoms with Gasteiger partial charge in [0.05, 0.1) is 12.0 Å². The van der Waals surface area contributed by atoms with E-state index in [2.05, 4.69) is 0 Å². The van der Waals surface area contributed by atoms with Crippen molar-refractivity contribution in [3.05, 3.63) is 0 Å². The van der Waals surface area contributed by atoms with Crippen LogP contribution in [0, 0.1) is 11.3 Å². The third-order valence-corrected chi connectivity index (χ3v) is 3.12. The second-order valence-corrected chi connectivity index (χ2v) is 4.99. The normalized spacial score (nSPS) is 30.7. The van der Waals surface area contributed by atoms with Crippen LogP contribution in [0.2, 0.25) is 0 Å². The molecule has 3 heteroatoms. The van der Waals surface area contributed by atoms with Crippen LogP contribution in [-0.2, 0) is 9.53 Å². The van der Waals surface area contributed by atoms with Gasteiger partial charge in [-0.1, -0.05) is 27.7 Å². The number of aliphatic hydroxyl groups is 1. The summed E-state index contributed by atoms with van der Waals surface area (Å²) in [4.78, 5) is 11.4. The van der Waals surface area contributed by atoms with E-state index in [1.807, 2.05) is 27.7 Å². The SMILES string of the molecule is CC(C)C(=O)O[C@H]1CC[C@@H](O)C1(C)C. The van der Waals surface area contributed by atoms with E-state index in [0.29, 0.717) is 0 Å². The van der Waals surface area contributed by atoms with Gasteiger partial charge in [0.2, 0.25) is 0 Å². The molecule has 0 bridgehead atoms. The van der Waals surface area contributed by atoms with Crippen molar-refractivity contribution in [3.8, 4) is 0 Å². The van der Waals surface area contributed by atoms with Gasteiger partial charge in [-0.15, -0.1) is 0 Å². The van der Waals surface area contributed by atoms with Crippen LogP contribution >= 0.6 is 0 Å². The summed E-state index contributed by atoms with van der Waals surface area (Å²) in [5.74, 6) is -0.263. The van der Waals surface area contributed by atoms with Crippen molar-refractivity contribution in [2.24, 2.45) is 11.3 Å². The van der Waals surface area contributed by atoms with Gasteiger partial charge in [0.25, 0.3) is 0 Å². The monoisotopic (exact) mass is 200 g/mol. The molecule has 14 heavy (non-hydrogen) atoms. The molecule has 0 aromatic carbocycles. The van der Waals surface area contributed by atoms with Crippen LogP contribution in [0.1, 0.15) is 40.5 Å². The lowest BCUT2D eigenvalue weighted by molar-refractivity contribution is -0.159. The fourth-order valence-electron chi connectivity index (χ4n) is 1.75. The van der Waals surface area contributed by atoms with E-state index in [-0.39, 0.29) is 29.5 Å². The molecule has 1 aliphatic carbocycles. The number of carbonyl (C=O) groups excluding carboxylic acids is 1. The molecule has 82 valence electrons. The van der Waals surface area contributed by atoms with Crippen molar-refractivity contribution in [3.63, 3.8) is 0 Å². The standard InChI is InChI=1S/C11H20O3/c1-7(2)10(13)14-9-6-5-8(12)11(9,3)4/h7-9,12H,5-6H2,1-4H3/t8-,9+/m1/s1. The summed E-state index contributed by atoms with van der Waals surface area (Å²) in [7, 11) is 0. The zero-order valence-electron chi connectivity index (χ0n) is 9.41. The Labute approximate surface area is 85.5 Å². The van der Waals surface area contributed by atoms with E-state index in [1.54, 1.807) is 0 Å². The van der Waals surface area contributed by atoms with Gasteiger partial charge in [-0.25, -0.2) is 0 Å². The molecule has 1 saturated carbocycles. The highest BCUT2D eigenvalue weighted by Crippen LogP contribution is 2.39. The highest BCUT2D eigenvalue weighted by molar-refractivity contribution is 5.71. The molecule has 0 saturated heterocycles. The molecule has 0 aromatic heterocycles. The summed E-state index contributed by atoms with van der Waals surface area (Å²) in [5.41, 5.74) is -0.301. The molecular formula is C11H20O3. The largest absolute Gasteiger partial charge is 0.461 e. The molecule has 1 rings (SSSR count). The highest BCUT2D eigenvalue weighted by atomic mass is 16.5. The van der Waals surface area contributed by atoms with E-state index in [4.69, 9.17) is 4.74 Å². The molecule has 0 unspecified atom stereocenters. The third-order valence-electron chi connectivity index (χ3n) is 3.12. The van der Waals surface area contributed by atoms with E-state index in [0.717, 1.165) is 12.8 Å². The Kier molecular flexibility index (Phi) is 3.20. The van der Waals surface area contributed by atoms with Gasteiger partial charge in [0, 0.05) is 5.41 Å². The maximum Gasteiger partial charge on any atom is 0.308 e. The fraction of sp³-hybridized carbons (Fsp3) is 0.909. The number of esters is 1. The van der Waals surface area contributed by atoms with Crippen LogP contribution in [0.25, 0.3) is 0 Å². The minimum Gasteiger partial charge on any atom is -0.461 e. The Balaban J connectivity index is 2.59. The van der Waals surface area contributed by atoms with Crippen LogP contribution in [0.5, 0.6) is 0 Å².